The monoisotopic (exact) mass is 186 g/mol. The molecule has 0 amide bonds. The zero-order valence-electron chi connectivity index (χ0n) is 6.26. The van der Waals surface area contributed by atoms with Crippen LogP contribution >= 0.6 is 23.1 Å². The molecule has 1 rings (SSSR count). The highest BCUT2D eigenvalue weighted by molar-refractivity contribution is 7.10. The predicted octanol–water partition coefficient (Wildman–Crippen LogP) is 2.79. The Morgan fingerprint density at radius 3 is 2.64 bits per heavy atom. The average molecular weight is 187 g/mol. The highest BCUT2D eigenvalue weighted by Crippen LogP contribution is 2.27. The average Bonchev–Trinajstić information content (AvgIpc) is 2.30. The van der Waals surface area contributed by atoms with Crippen molar-refractivity contribution in [2.45, 2.75) is 19.8 Å². The van der Waals surface area contributed by atoms with Crippen LogP contribution in [0.15, 0.2) is 0 Å². The van der Waals surface area contributed by atoms with E-state index in [9.17, 15) is 0 Å². The molecule has 4 heteroatoms. The number of hydrogen-bond donors (Lipinski definition) is 0. The van der Waals surface area contributed by atoms with E-state index in [4.69, 9.17) is 16.9 Å². The molecule has 0 unspecified atom stereocenters. The van der Waals surface area contributed by atoms with Crippen LogP contribution in [0.3, 0.4) is 0 Å². The fourth-order valence-corrected chi connectivity index (χ4v) is 1.74. The Morgan fingerprint density at radius 1 is 1.64 bits per heavy atom. The summed E-state index contributed by atoms with van der Waals surface area (Å²) in [5, 5.41) is 8.67. The summed E-state index contributed by atoms with van der Waals surface area (Å²) in [5.41, 5.74) is 1.34. The van der Waals surface area contributed by atoms with Crippen molar-refractivity contribution >= 4 is 23.1 Å². The molecule has 0 N–H and O–H groups in total. The minimum absolute atomic E-state index is 0.272. The second-order valence-corrected chi connectivity index (χ2v) is 3.86. The Bertz CT molecular complexity index is 298. The highest BCUT2D eigenvalue weighted by atomic mass is 35.5. The summed E-state index contributed by atoms with van der Waals surface area (Å²) in [7, 11) is 0. The molecule has 0 fully saturated rings. The third kappa shape index (κ3) is 1.52. The molecule has 0 spiro atoms. The van der Waals surface area contributed by atoms with Crippen LogP contribution in [0.5, 0.6) is 0 Å². The minimum atomic E-state index is 0.272. The van der Waals surface area contributed by atoms with Gasteiger partial charge in [-0.1, -0.05) is 25.4 Å². The van der Waals surface area contributed by atoms with Crippen LogP contribution in [-0.4, -0.2) is 4.37 Å². The molecule has 1 aromatic heterocycles. The summed E-state index contributed by atoms with van der Waals surface area (Å²) < 4.78 is 4.57. The Balaban J connectivity index is 3.19. The number of hydrogen-bond acceptors (Lipinski definition) is 3. The van der Waals surface area contributed by atoms with Crippen LogP contribution in [-0.2, 0) is 0 Å². The molecule has 11 heavy (non-hydrogen) atoms. The Kier molecular flexibility index (Phi) is 2.48. The van der Waals surface area contributed by atoms with Crippen LogP contribution in [0.4, 0.5) is 0 Å². The molecule has 2 nitrogen and oxygen atoms in total. The van der Waals surface area contributed by atoms with Crippen molar-refractivity contribution in [3.8, 4) is 6.07 Å². The van der Waals surface area contributed by atoms with Crippen molar-refractivity contribution < 1.29 is 0 Å². The molecular weight excluding hydrogens is 180 g/mol. The lowest BCUT2D eigenvalue weighted by Gasteiger charge is -1.97. The molecule has 0 aliphatic rings. The molecule has 58 valence electrons. The molecule has 1 heterocycles. The topological polar surface area (TPSA) is 36.7 Å². The van der Waals surface area contributed by atoms with E-state index in [1.807, 2.05) is 19.9 Å². The fourth-order valence-electron chi connectivity index (χ4n) is 0.777. The molecule has 0 aliphatic heterocycles. The van der Waals surface area contributed by atoms with Crippen molar-refractivity contribution in [1.82, 2.24) is 4.37 Å². The smallest absolute Gasteiger partial charge is 0.132 e. The standard InChI is InChI=1S/C7H7ClN2S/c1-4(2)6-5(3-9)7(8)11-10-6/h4H,1-2H3. The molecule has 0 saturated heterocycles. The Hall–Kier alpha value is -0.590. The van der Waals surface area contributed by atoms with E-state index in [0.717, 1.165) is 5.69 Å². The first-order chi connectivity index (χ1) is 5.16. The van der Waals surface area contributed by atoms with Gasteiger partial charge in [-0.25, -0.2) is 0 Å². The lowest BCUT2D eigenvalue weighted by Crippen LogP contribution is -1.89. The summed E-state index contributed by atoms with van der Waals surface area (Å²) in [6, 6.07) is 2.04. The molecular formula is C7H7ClN2S. The quantitative estimate of drug-likeness (QED) is 0.676. The molecule has 0 atom stereocenters. The summed E-state index contributed by atoms with van der Waals surface area (Å²) >= 11 is 6.90. The van der Waals surface area contributed by atoms with Crippen molar-refractivity contribution in [1.29, 1.82) is 5.26 Å². The third-order valence-electron chi connectivity index (χ3n) is 1.34. The Morgan fingerprint density at radius 2 is 2.27 bits per heavy atom. The summed E-state index contributed by atoms with van der Waals surface area (Å²) in [6.45, 7) is 3.98. The van der Waals surface area contributed by atoms with Gasteiger partial charge in [-0.2, -0.15) is 9.64 Å². The largest absolute Gasteiger partial charge is 0.194 e. The number of aromatic nitrogens is 1. The summed E-state index contributed by atoms with van der Waals surface area (Å²) in [6.07, 6.45) is 0. The predicted molar refractivity (Wildman–Crippen MR) is 45.9 cm³/mol. The first-order valence-corrected chi connectivity index (χ1v) is 4.37. The van der Waals surface area contributed by atoms with Crippen LogP contribution in [0.2, 0.25) is 4.34 Å². The van der Waals surface area contributed by atoms with Crippen LogP contribution in [0.1, 0.15) is 31.0 Å². The first-order valence-electron chi connectivity index (χ1n) is 3.22. The van der Waals surface area contributed by atoms with E-state index in [1.54, 1.807) is 0 Å². The number of nitriles is 1. The number of halogens is 1. The van der Waals surface area contributed by atoms with E-state index >= 15 is 0 Å². The van der Waals surface area contributed by atoms with Gasteiger partial charge in [0.25, 0.3) is 0 Å². The van der Waals surface area contributed by atoms with Gasteiger partial charge in [-0.05, 0) is 17.5 Å². The normalized spacial score (nSPS) is 10.1. The van der Waals surface area contributed by atoms with Gasteiger partial charge >= 0.3 is 0 Å². The lowest BCUT2D eigenvalue weighted by atomic mass is 10.1. The molecule has 0 radical (unpaired) electrons. The molecule has 0 bridgehead atoms. The van der Waals surface area contributed by atoms with E-state index in [1.165, 1.54) is 11.5 Å². The maximum absolute atomic E-state index is 8.67. The zero-order chi connectivity index (χ0) is 8.43. The molecule has 0 aromatic carbocycles. The first kappa shape index (κ1) is 8.51. The van der Waals surface area contributed by atoms with Crippen LogP contribution < -0.4 is 0 Å². The Labute approximate surface area is 74.6 Å². The van der Waals surface area contributed by atoms with Crippen molar-refractivity contribution in [2.24, 2.45) is 0 Å². The summed E-state index contributed by atoms with van der Waals surface area (Å²) in [4.78, 5) is 0. The maximum atomic E-state index is 8.67. The number of rotatable bonds is 1. The summed E-state index contributed by atoms with van der Waals surface area (Å²) in [5.74, 6) is 0.272. The van der Waals surface area contributed by atoms with Crippen LogP contribution in [0.25, 0.3) is 0 Å². The van der Waals surface area contributed by atoms with E-state index in [0.29, 0.717) is 9.90 Å². The van der Waals surface area contributed by atoms with Gasteiger partial charge in [0.2, 0.25) is 0 Å². The van der Waals surface area contributed by atoms with Gasteiger partial charge in [0.05, 0.1) is 5.69 Å². The van der Waals surface area contributed by atoms with Gasteiger partial charge < -0.3 is 0 Å². The fraction of sp³-hybridized carbons (Fsp3) is 0.429. The van der Waals surface area contributed by atoms with E-state index in [-0.39, 0.29) is 5.92 Å². The minimum Gasteiger partial charge on any atom is -0.194 e. The van der Waals surface area contributed by atoms with Gasteiger partial charge in [0.15, 0.2) is 0 Å². The molecule has 1 aromatic rings. The lowest BCUT2D eigenvalue weighted by molar-refractivity contribution is 0.837. The van der Waals surface area contributed by atoms with Gasteiger partial charge in [0, 0.05) is 0 Å². The zero-order valence-corrected chi connectivity index (χ0v) is 7.83. The second kappa shape index (κ2) is 3.21. The van der Waals surface area contributed by atoms with Crippen LogP contribution in [0, 0.1) is 11.3 Å². The van der Waals surface area contributed by atoms with Crippen molar-refractivity contribution in [3.63, 3.8) is 0 Å². The van der Waals surface area contributed by atoms with E-state index in [2.05, 4.69) is 4.37 Å². The van der Waals surface area contributed by atoms with Gasteiger partial charge in [-0.15, -0.1) is 0 Å². The van der Waals surface area contributed by atoms with Gasteiger partial charge in [0.1, 0.15) is 16.0 Å². The van der Waals surface area contributed by atoms with Gasteiger partial charge in [-0.3, -0.25) is 0 Å². The highest BCUT2D eigenvalue weighted by Gasteiger charge is 2.13. The second-order valence-electron chi connectivity index (χ2n) is 2.48. The van der Waals surface area contributed by atoms with Crippen molar-refractivity contribution in [2.75, 3.05) is 0 Å². The van der Waals surface area contributed by atoms with E-state index < -0.39 is 0 Å². The maximum Gasteiger partial charge on any atom is 0.132 e. The molecule has 0 aliphatic carbocycles. The number of nitrogens with zero attached hydrogens (tertiary/aromatic N) is 2. The third-order valence-corrected chi connectivity index (χ3v) is 2.38. The molecule has 0 saturated carbocycles. The SMILES string of the molecule is CC(C)c1nsc(Cl)c1C#N. The van der Waals surface area contributed by atoms with Crippen molar-refractivity contribution in [3.05, 3.63) is 15.6 Å².